The molecule has 0 saturated carbocycles. The van der Waals surface area contributed by atoms with Crippen LogP contribution in [0.15, 0.2) is 90.7 Å². The van der Waals surface area contributed by atoms with Crippen LogP contribution in [-0.2, 0) is 11.3 Å². The molecule has 0 N–H and O–H groups in total. The first-order valence-electron chi connectivity index (χ1n) is 12.8. The Morgan fingerprint density at radius 3 is 2.22 bits per heavy atom. The van der Waals surface area contributed by atoms with Gasteiger partial charge in [-0.3, -0.25) is 4.98 Å². The Kier molecular flexibility index (Phi) is 8.11. The molecule has 206 valence electrons. The molecule has 0 fully saturated rings. The molecule has 0 bridgehead atoms. The van der Waals surface area contributed by atoms with Crippen LogP contribution in [0.2, 0.25) is 0 Å². The summed E-state index contributed by atoms with van der Waals surface area (Å²) in [5.41, 5.74) is 3.39. The predicted octanol–water partition coefficient (Wildman–Crippen LogP) is 6.72. The van der Waals surface area contributed by atoms with Crippen LogP contribution < -0.4 is 4.74 Å². The third-order valence-electron chi connectivity index (χ3n) is 6.28. The van der Waals surface area contributed by atoms with E-state index in [0.717, 1.165) is 16.8 Å². The minimum atomic E-state index is -4.56. The summed E-state index contributed by atoms with van der Waals surface area (Å²) in [7, 11) is 1.35. The topological polar surface area (TPSA) is 70.0 Å². The summed E-state index contributed by atoms with van der Waals surface area (Å²) in [6.07, 6.45) is -1.87. The molecule has 2 heterocycles. The quantitative estimate of drug-likeness (QED) is 0.247. The zero-order valence-corrected chi connectivity index (χ0v) is 22.3. The van der Waals surface area contributed by atoms with Gasteiger partial charge in [0.15, 0.2) is 11.6 Å². The number of methoxy groups -OCH3 is 1. The lowest BCUT2D eigenvalue weighted by atomic mass is 9.89. The number of hydrogen-bond donors (Lipinski definition) is 0. The first-order valence-corrected chi connectivity index (χ1v) is 12.8. The highest BCUT2D eigenvalue weighted by molar-refractivity contribution is 5.70. The number of halogens is 3. The van der Waals surface area contributed by atoms with Gasteiger partial charge in [-0.25, -0.2) is 4.98 Å². The standard InChI is InChI=1S/C32H25F3N4O2/c1-21-8-6-11-25(36-21)20-41-27-13-7-12-26(32(33,34)35)28(27)30-37-29(38-31(39-30)40-2)24-18-16-23(17-19-24)15-14-22-9-4-3-5-10-22/h3-11,13,16-19,26H,12,20H2,1-2H3. The van der Waals surface area contributed by atoms with E-state index in [1.807, 2.05) is 49.4 Å². The van der Waals surface area contributed by atoms with Crippen molar-refractivity contribution in [3.05, 3.63) is 119 Å². The first-order chi connectivity index (χ1) is 19.8. The number of hydrogen-bond acceptors (Lipinski definition) is 6. The van der Waals surface area contributed by atoms with Crippen molar-refractivity contribution in [1.82, 2.24) is 19.9 Å². The molecule has 0 amide bonds. The van der Waals surface area contributed by atoms with E-state index in [1.54, 1.807) is 30.3 Å². The fourth-order valence-electron chi connectivity index (χ4n) is 4.28. The average molecular weight is 555 g/mol. The van der Waals surface area contributed by atoms with Gasteiger partial charge < -0.3 is 9.47 Å². The summed E-state index contributed by atoms with van der Waals surface area (Å²) in [5.74, 6) is 4.33. The molecule has 0 aliphatic heterocycles. The van der Waals surface area contributed by atoms with Crippen LogP contribution in [0.4, 0.5) is 13.2 Å². The van der Waals surface area contributed by atoms with Crippen LogP contribution in [0.25, 0.3) is 17.0 Å². The van der Waals surface area contributed by atoms with Gasteiger partial charge in [-0.2, -0.15) is 23.1 Å². The van der Waals surface area contributed by atoms with Crippen molar-refractivity contribution >= 4 is 5.57 Å². The summed E-state index contributed by atoms with van der Waals surface area (Å²) in [6, 6.07) is 22.0. The van der Waals surface area contributed by atoms with Gasteiger partial charge in [0.2, 0.25) is 0 Å². The Bertz CT molecular complexity index is 1650. The molecular weight excluding hydrogens is 529 g/mol. The molecule has 1 unspecified atom stereocenters. The number of pyridine rings is 1. The molecule has 1 atom stereocenters. The van der Waals surface area contributed by atoms with Crippen molar-refractivity contribution in [3.8, 4) is 29.2 Å². The first kappa shape index (κ1) is 27.6. The molecule has 0 saturated heterocycles. The molecule has 2 aromatic heterocycles. The number of nitrogens with zero attached hydrogens (tertiary/aromatic N) is 4. The highest BCUT2D eigenvalue weighted by Gasteiger charge is 2.45. The summed E-state index contributed by atoms with van der Waals surface area (Å²) in [4.78, 5) is 17.3. The minimum absolute atomic E-state index is 0.0179. The largest absolute Gasteiger partial charge is 0.487 e. The average Bonchev–Trinajstić information content (AvgIpc) is 2.99. The van der Waals surface area contributed by atoms with Crippen molar-refractivity contribution in [2.45, 2.75) is 26.1 Å². The SMILES string of the molecule is COc1nc(C2=C(OCc3cccc(C)n3)C=CCC2C(F)(F)F)nc(-c2ccc(C#Cc3ccccc3)cc2)n1. The van der Waals surface area contributed by atoms with E-state index in [1.165, 1.54) is 19.3 Å². The number of benzene rings is 2. The van der Waals surface area contributed by atoms with Crippen LogP contribution in [-0.4, -0.2) is 33.2 Å². The Balaban J connectivity index is 1.52. The Hall–Kier alpha value is -4.97. The zero-order chi connectivity index (χ0) is 28.8. The van der Waals surface area contributed by atoms with E-state index in [-0.39, 0.29) is 42.0 Å². The maximum absolute atomic E-state index is 14.3. The van der Waals surface area contributed by atoms with E-state index in [2.05, 4.69) is 31.8 Å². The predicted molar refractivity (Wildman–Crippen MR) is 148 cm³/mol. The normalized spacial score (nSPS) is 14.8. The number of alkyl halides is 3. The molecule has 0 radical (unpaired) electrons. The highest BCUT2D eigenvalue weighted by atomic mass is 19.4. The van der Waals surface area contributed by atoms with E-state index in [9.17, 15) is 13.2 Å². The monoisotopic (exact) mass is 554 g/mol. The van der Waals surface area contributed by atoms with Crippen LogP contribution in [0.1, 0.15) is 34.8 Å². The second kappa shape index (κ2) is 12.0. The number of rotatable bonds is 6. The molecule has 1 aliphatic carbocycles. The molecule has 2 aromatic carbocycles. The van der Waals surface area contributed by atoms with Crippen LogP contribution >= 0.6 is 0 Å². The highest BCUT2D eigenvalue weighted by Crippen LogP contribution is 2.43. The van der Waals surface area contributed by atoms with Crippen molar-refractivity contribution in [1.29, 1.82) is 0 Å². The van der Waals surface area contributed by atoms with E-state index in [0.29, 0.717) is 11.3 Å². The Labute approximate surface area is 235 Å². The van der Waals surface area contributed by atoms with E-state index >= 15 is 0 Å². The van der Waals surface area contributed by atoms with Crippen molar-refractivity contribution in [2.24, 2.45) is 5.92 Å². The van der Waals surface area contributed by atoms with Crippen LogP contribution in [0, 0.1) is 24.7 Å². The minimum Gasteiger partial charge on any atom is -0.487 e. The van der Waals surface area contributed by atoms with E-state index < -0.39 is 12.1 Å². The lowest BCUT2D eigenvalue weighted by Crippen LogP contribution is -2.27. The molecule has 5 rings (SSSR count). The summed E-state index contributed by atoms with van der Waals surface area (Å²) < 4.78 is 53.9. The summed E-state index contributed by atoms with van der Waals surface area (Å²) in [6.45, 7) is 1.81. The van der Waals surface area contributed by atoms with Gasteiger partial charge in [0.25, 0.3) is 0 Å². The van der Waals surface area contributed by atoms with E-state index in [4.69, 9.17) is 9.47 Å². The smallest absolute Gasteiger partial charge is 0.396 e. The van der Waals surface area contributed by atoms with Gasteiger partial charge in [-0.05, 0) is 68.0 Å². The van der Waals surface area contributed by atoms with Gasteiger partial charge >= 0.3 is 12.2 Å². The third kappa shape index (κ3) is 6.79. The fraction of sp³-hybridized carbons (Fsp3) is 0.188. The lowest BCUT2D eigenvalue weighted by Gasteiger charge is -2.26. The zero-order valence-electron chi connectivity index (χ0n) is 22.3. The third-order valence-corrected chi connectivity index (χ3v) is 6.28. The Morgan fingerprint density at radius 2 is 1.54 bits per heavy atom. The number of ether oxygens (including phenoxy) is 2. The maximum atomic E-state index is 14.3. The van der Waals surface area contributed by atoms with Gasteiger partial charge in [0.05, 0.1) is 24.3 Å². The van der Waals surface area contributed by atoms with Gasteiger partial charge in [-0.15, -0.1) is 0 Å². The Morgan fingerprint density at radius 1 is 0.829 bits per heavy atom. The van der Waals surface area contributed by atoms with Gasteiger partial charge in [0, 0.05) is 22.4 Å². The van der Waals surface area contributed by atoms with Crippen LogP contribution in [0.5, 0.6) is 6.01 Å². The fourth-order valence-corrected chi connectivity index (χ4v) is 4.28. The molecule has 9 heteroatoms. The van der Waals surface area contributed by atoms with Gasteiger partial charge in [0.1, 0.15) is 12.4 Å². The van der Waals surface area contributed by atoms with Gasteiger partial charge in [-0.1, -0.05) is 42.2 Å². The molecule has 4 aromatic rings. The number of aromatic nitrogens is 4. The molecular formula is C32H25F3N4O2. The van der Waals surface area contributed by atoms with Crippen LogP contribution in [0.3, 0.4) is 0 Å². The number of allylic oxidation sites excluding steroid dienone is 3. The maximum Gasteiger partial charge on any atom is 0.396 e. The summed E-state index contributed by atoms with van der Waals surface area (Å²) >= 11 is 0. The van der Waals surface area contributed by atoms with Crippen molar-refractivity contribution in [2.75, 3.05) is 7.11 Å². The molecule has 0 spiro atoms. The molecule has 41 heavy (non-hydrogen) atoms. The summed E-state index contributed by atoms with van der Waals surface area (Å²) in [5, 5.41) is 0. The molecule has 6 nitrogen and oxygen atoms in total. The molecule has 1 aliphatic rings. The number of aryl methyl sites for hydroxylation is 1. The lowest BCUT2D eigenvalue weighted by molar-refractivity contribution is -0.158. The van der Waals surface area contributed by atoms with Crippen molar-refractivity contribution in [3.63, 3.8) is 0 Å². The van der Waals surface area contributed by atoms with Crippen molar-refractivity contribution < 1.29 is 22.6 Å². The second-order valence-electron chi connectivity index (χ2n) is 9.23. The second-order valence-corrected chi connectivity index (χ2v) is 9.23.